The number of ether oxygens (including phenoxy) is 1. The molecule has 0 amide bonds. The number of nitrogen functional groups attached to an aromatic ring is 1. The second-order valence-corrected chi connectivity index (χ2v) is 3.23. The molecule has 1 rings (SSSR count). The van der Waals surface area contributed by atoms with E-state index in [9.17, 15) is 0 Å². The summed E-state index contributed by atoms with van der Waals surface area (Å²) in [6, 6.07) is 7.00. The molecule has 0 saturated heterocycles. The first-order chi connectivity index (χ1) is 6.67. The number of nitriles is 1. The zero-order valence-electron chi connectivity index (χ0n) is 7.83. The van der Waals surface area contributed by atoms with Gasteiger partial charge in [0.1, 0.15) is 11.8 Å². The zero-order chi connectivity index (χ0) is 10.6. The largest absolute Gasteiger partial charge is 0.476 e. The SMILES string of the molecule is CCC(C#N)Oc1ccc(N)c(Cl)c1. The summed E-state index contributed by atoms with van der Waals surface area (Å²) in [5.41, 5.74) is 6.04. The topological polar surface area (TPSA) is 59.0 Å². The van der Waals surface area contributed by atoms with Gasteiger partial charge in [0.2, 0.25) is 0 Å². The number of benzene rings is 1. The van der Waals surface area contributed by atoms with Crippen LogP contribution in [0.3, 0.4) is 0 Å². The van der Waals surface area contributed by atoms with Crippen LogP contribution in [0.5, 0.6) is 5.75 Å². The maximum absolute atomic E-state index is 8.68. The Balaban J connectivity index is 2.78. The van der Waals surface area contributed by atoms with Crippen LogP contribution in [0.2, 0.25) is 5.02 Å². The Kier molecular flexibility index (Phi) is 3.61. The number of rotatable bonds is 3. The van der Waals surface area contributed by atoms with Gasteiger partial charge in [0, 0.05) is 6.07 Å². The number of hydrogen-bond acceptors (Lipinski definition) is 3. The lowest BCUT2D eigenvalue weighted by Gasteiger charge is -2.10. The van der Waals surface area contributed by atoms with E-state index in [1.807, 2.05) is 13.0 Å². The Bertz CT molecular complexity index is 360. The Morgan fingerprint density at radius 3 is 2.86 bits per heavy atom. The quantitative estimate of drug-likeness (QED) is 0.781. The first-order valence-electron chi connectivity index (χ1n) is 4.28. The van der Waals surface area contributed by atoms with Gasteiger partial charge in [-0.1, -0.05) is 18.5 Å². The summed E-state index contributed by atoms with van der Waals surface area (Å²) in [7, 11) is 0. The van der Waals surface area contributed by atoms with Gasteiger partial charge in [0.25, 0.3) is 0 Å². The molecule has 0 saturated carbocycles. The van der Waals surface area contributed by atoms with E-state index in [2.05, 4.69) is 0 Å². The van der Waals surface area contributed by atoms with Crippen molar-refractivity contribution >= 4 is 17.3 Å². The van der Waals surface area contributed by atoms with Gasteiger partial charge in [-0.2, -0.15) is 5.26 Å². The van der Waals surface area contributed by atoms with E-state index < -0.39 is 6.10 Å². The Hall–Kier alpha value is -1.40. The van der Waals surface area contributed by atoms with Crippen LogP contribution >= 0.6 is 11.6 Å². The molecule has 4 heteroatoms. The molecule has 1 aromatic rings. The predicted molar refractivity (Wildman–Crippen MR) is 56.2 cm³/mol. The fraction of sp³-hybridized carbons (Fsp3) is 0.300. The third-order valence-electron chi connectivity index (χ3n) is 1.77. The number of anilines is 1. The van der Waals surface area contributed by atoms with Crippen molar-refractivity contribution in [2.24, 2.45) is 0 Å². The van der Waals surface area contributed by atoms with Gasteiger partial charge in [0.15, 0.2) is 6.10 Å². The van der Waals surface area contributed by atoms with Crippen molar-refractivity contribution in [3.63, 3.8) is 0 Å². The molecule has 1 unspecified atom stereocenters. The molecule has 0 aliphatic heterocycles. The Labute approximate surface area is 88.0 Å². The smallest absolute Gasteiger partial charge is 0.184 e. The maximum atomic E-state index is 8.68. The van der Waals surface area contributed by atoms with Crippen LogP contribution in [0.25, 0.3) is 0 Å². The fourth-order valence-corrected chi connectivity index (χ4v) is 1.12. The second kappa shape index (κ2) is 4.73. The highest BCUT2D eigenvalue weighted by molar-refractivity contribution is 6.33. The van der Waals surface area contributed by atoms with Crippen molar-refractivity contribution in [3.8, 4) is 11.8 Å². The third kappa shape index (κ3) is 2.54. The number of halogens is 1. The van der Waals surface area contributed by atoms with Crippen LogP contribution in [-0.4, -0.2) is 6.10 Å². The van der Waals surface area contributed by atoms with E-state index in [-0.39, 0.29) is 0 Å². The highest BCUT2D eigenvalue weighted by atomic mass is 35.5. The third-order valence-corrected chi connectivity index (χ3v) is 2.09. The summed E-state index contributed by atoms with van der Waals surface area (Å²) in [5.74, 6) is 0.567. The minimum absolute atomic E-state index is 0.435. The van der Waals surface area contributed by atoms with Gasteiger partial charge in [0.05, 0.1) is 10.7 Å². The first kappa shape index (κ1) is 10.7. The van der Waals surface area contributed by atoms with E-state index in [1.54, 1.807) is 18.2 Å². The molecule has 1 atom stereocenters. The average Bonchev–Trinajstić information content (AvgIpc) is 2.19. The fourth-order valence-electron chi connectivity index (χ4n) is 0.946. The molecular formula is C10H11ClN2O. The average molecular weight is 211 g/mol. The zero-order valence-corrected chi connectivity index (χ0v) is 8.58. The van der Waals surface area contributed by atoms with Crippen LogP contribution < -0.4 is 10.5 Å². The van der Waals surface area contributed by atoms with Crippen LogP contribution in [0.4, 0.5) is 5.69 Å². The molecule has 0 heterocycles. The molecule has 0 spiro atoms. The summed E-state index contributed by atoms with van der Waals surface area (Å²) in [6.07, 6.45) is 0.202. The molecule has 2 N–H and O–H groups in total. The summed E-state index contributed by atoms with van der Waals surface area (Å²) in [5, 5.41) is 9.12. The van der Waals surface area contributed by atoms with Crippen molar-refractivity contribution < 1.29 is 4.74 Å². The predicted octanol–water partition coefficient (Wildman–Crippen LogP) is 2.60. The van der Waals surface area contributed by atoms with Crippen molar-refractivity contribution in [2.45, 2.75) is 19.4 Å². The van der Waals surface area contributed by atoms with Gasteiger partial charge in [-0.05, 0) is 18.6 Å². The molecule has 1 aromatic carbocycles. The van der Waals surface area contributed by atoms with E-state index in [0.29, 0.717) is 22.9 Å². The lowest BCUT2D eigenvalue weighted by molar-refractivity contribution is 0.252. The highest BCUT2D eigenvalue weighted by Gasteiger charge is 2.06. The van der Waals surface area contributed by atoms with Crippen molar-refractivity contribution in [1.29, 1.82) is 5.26 Å². The standard InChI is InChI=1S/C10H11ClN2O/c1-2-7(6-12)14-8-3-4-10(13)9(11)5-8/h3-5,7H,2,13H2,1H3. The van der Waals surface area contributed by atoms with Crippen LogP contribution in [-0.2, 0) is 0 Å². The van der Waals surface area contributed by atoms with Gasteiger partial charge in [-0.3, -0.25) is 0 Å². The lowest BCUT2D eigenvalue weighted by atomic mass is 10.3. The van der Waals surface area contributed by atoms with E-state index in [1.165, 1.54) is 0 Å². The second-order valence-electron chi connectivity index (χ2n) is 2.83. The molecule has 0 aliphatic rings. The molecule has 0 fully saturated rings. The van der Waals surface area contributed by atoms with Crippen molar-refractivity contribution in [2.75, 3.05) is 5.73 Å². The molecule has 0 bridgehead atoms. The summed E-state index contributed by atoms with van der Waals surface area (Å²) in [4.78, 5) is 0. The molecular weight excluding hydrogens is 200 g/mol. The van der Waals surface area contributed by atoms with Crippen LogP contribution in [0.1, 0.15) is 13.3 Å². The maximum Gasteiger partial charge on any atom is 0.184 e. The van der Waals surface area contributed by atoms with Crippen molar-refractivity contribution in [1.82, 2.24) is 0 Å². The van der Waals surface area contributed by atoms with E-state index in [0.717, 1.165) is 0 Å². The van der Waals surface area contributed by atoms with E-state index in [4.69, 9.17) is 27.3 Å². The number of nitrogens with two attached hydrogens (primary N) is 1. The van der Waals surface area contributed by atoms with Gasteiger partial charge in [-0.15, -0.1) is 0 Å². The lowest BCUT2D eigenvalue weighted by Crippen LogP contribution is -2.12. The summed E-state index contributed by atoms with van der Waals surface area (Å²) < 4.78 is 5.35. The highest BCUT2D eigenvalue weighted by Crippen LogP contribution is 2.24. The Morgan fingerprint density at radius 1 is 1.64 bits per heavy atom. The minimum atomic E-state index is -0.435. The molecule has 0 aromatic heterocycles. The molecule has 74 valence electrons. The van der Waals surface area contributed by atoms with Gasteiger partial charge < -0.3 is 10.5 Å². The normalized spacial score (nSPS) is 11.8. The molecule has 0 radical (unpaired) electrons. The summed E-state index contributed by atoms with van der Waals surface area (Å²) >= 11 is 5.80. The van der Waals surface area contributed by atoms with Crippen molar-refractivity contribution in [3.05, 3.63) is 23.2 Å². The van der Waals surface area contributed by atoms with E-state index >= 15 is 0 Å². The molecule has 0 aliphatic carbocycles. The van der Waals surface area contributed by atoms with Gasteiger partial charge in [-0.25, -0.2) is 0 Å². The number of hydrogen-bond donors (Lipinski definition) is 1. The van der Waals surface area contributed by atoms with Crippen LogP contribution in [0.15, 0.2) is 18.2 Å². The summed E-state index contributed by atoms with van der Waals surface area (Å²) in [6.45, 7) is 1.88. The van der Waals surface area contributed by atoms with Crippen LogP contribution in [0, 0.1) is 11.3 Å². The molecule has 14 heavy (non-hydrogen) atoms. The monoisotopic (exact) mass is 210 g/mol. The van der Waals surface area contributed by atoms with Gasteiger partial charge >= 0.3 is 0 Å². The first-order valence-corrected chi connectivity index (χ1v) is 4.66. The molecule has 3 nitrogen and oxygen atoms in total. The number of nitrogens with zero attached hydrogens (tertiary/aromatic N) is 1. The Morgan fingerprint density at radius 2 is 2.36 bits per heavy atom. The minimum Gasteiger partial charge on any atom is -0.476 e.